The van der Waals surface area contributed by atoms with Gasteiger partial charge in [-0.15, -0.1) is 0 Å². The van der Waals surface area contributed by atoms with Gasteiger partial charge in [0.1, 0.15) is 0 Å². The van der Waals surface area contributed by atoms with E-state index in [1.807, 2.05) is 13.8 Å². The number of rotatable bonds is 11. The van der Waals surface area contributed by atoms with Gasteiger partial charge in [0.25, 0.3) is 11.2 Å². The van der Waals surface area contributed by atoms with E-state index in [0.717, 1.165) is 13.8 Å². The number of ether oxygens (including phenoxy) is 2. The Morgan fingerprint density at radius 3 is 1.25 bits per heavy atom. The molecule has 0 aliphatic heterocycles. The summed E-state index contributed by atoms with van der Waals surface area (Å²) in [6.07, 6.45) is 2.22. The van der Waals surface area contributed by atoms with E-state index in [1.54, 1.807) is 0 Å². The summed E-state index contributed by atoms with van der Waals surface area (Å²) in [5.41, 5.74) is -6.73. The van der Waals surface area contributed by atoms with Crippen LogP contribution < -0.4 is 0 Å². The number of aliphatic hydroxyl groups is 2. The van der Waals surface area contributed by atoms with Gasteiger partial charge in [-0.05, 0) is 26.7 Å². The van der Waals surface area contributed by atoms with Crippen LogP contribution in [0, 0.1) is 0 Å². The average molecular weight is 346 g/mol. The monoisotopic (exact) mass is 346 g/mol. The Labute approximate surface area is 141 Å². The first kappa shape index (κ1) is 22.2. The van der Waals surface area contributed by atoms with Crippen molar-refractivity contribution in [2.45, 2.75) is 64.6 Å². The van der Waals surface area contributed by atoms with Crippen LogP contribution in [0.3, 0.4) is 0 Å². The highest BCUT2D eigenvalue weighted by Crippen LogP contribution is 2.29. The van der Waals surface area contributed by atoms with Crippen LogP contribution in [0.1, 0.15) is 53.4 Å². The molecule has 0 saturated heterocycles. The lowest BCUT2D eigenvalue weighted by Crippen LogP contribution is -2.71. The van der Waals surface area contributed by atoms with Crippen molar-refractivity contribution in [1.82, 2.24) is 0 Å². The third-order valence-electron chi connectivity index (χ3n) is 3.60. The first-order valence-corrected chi connectivity index (χ1v) is 7.91. The number of Topliss-reactive ketones (excluding diaryl/α,β-unsaturated/α-hetero) is 2. The maximum atomic E-state index is 12.2. The highest BCUT2D eigenvalue weighted by Gasteiger charge is 2.68. The average Bonchev–Trinajstić information content (AvgIpc) is 2.52. The second-order valence-electron chi connectivity index (χ2n) is 5.51. The van der Waals surface area contributed by atoms with Crippen molar-refractivity contribution < 1.29 is 38.9 Å². The molecular weight excluding hydrogens is 320 g/mol. The van der Waals surface area contributed by atoms with E-state index >= 15 is 0 Å². The number of ketones is 2. The summed E-state index contributed by atoms with van der Waals surface area (Å²) in [5.74, 6) is -5.72. The molecule has 2 unspecified atom stereocenters. The Hall–Kier alpha value is -1.80. The van der Waals surface area contributed by atoms with Crippen molar-refractivity contribution in [3.63, 3.8) is 0 Å². The van der Waals surface area contributed by atoms with E-state index in [-0.39, 0.29) is 13.2 Å². The van der Waals surface area contributed by atoms with Gasteiger partial charge in [0, 0.05) is 0 Å². The summed E-state index contributed by atoms with van der Waals surface area (Å²) in [5, 5.41) is 21.0. The third kappa shape index (κ3) is 4.39. The summed E-state index contributed by atoms with van der Waals surface area (Å²) in [6, 6.07) is 0. The molecule has 0 bridgehead atoms. The lowest BCUT2D eigenvalue weighted by molar-refractivity contribution is -0.211. The number of hydrogen-bond acceptors (Lipinski definition) is 8. The van der Waals surface area contributed by atoms with Crippen molar-refractivity contribution in [3.05, 3.63) is 0 Å². The lowest BCUT2D eigenvalue weighted by atomic mass is 9.77. The van der Waals surface area contributed by atoms with E-state index in [2.05, 4.69) is 0 Å². The Kier molecular flexibility index (Phi) is 8.77. The standard InChI is InChI=1S/C16H26O8/c1-5-7-9-23-13(19)15(21,11(3)17)16(22,12(4)18)14(20)24-10-8-6-2/h21-22H,5-10H2,1-4H3. The fourth-order valence-corrected chi connectivity index (χ4v) is 1.92. The minimum Gasteiger partial charge on any atom is -0.463 e. The minimum atomic E-state index is -3.37. The molecular formula is C16H26O8. The Morgan fingerprint density at radius 1 is 0.750 bits per heavy atom. The number of hydrogen-bond donors (Lipinski definition) is 2. The third-order valence-corrected chi connectivity index (χ3v) is 3.60. The van der Waals surface area contributed by atoms with E-state index in [1.165, 1.54) is 0 Å². The van der Waals surface area contributed by atoms with Gasteiger partial charge >= 0.3 is 11.9 Å². The smallest absolute Gasteiger partial charge is 0.350 e. The molecule has 0 aromatic rings. The van der Waals surface area contributed by atoms with Crippen LogP contribution in [0.25, 0.3) is 0 Å². The molecule has 0 spiro atoms. The normalized spacial score (nSPS) is 15.8. The quantitative estimate of drug-likeness (QED) is 0.311. The molecule has 0 radical (unpaired) electrons. The van der Waals surface area contributed by atoms with Crippen molar-refractivity contribution in [2.75, 3.05) is 13.2 Å². The number of carbonyl (C=O) groups is 4. The van der Waals surface area contributed by atoms with Gasteiger partial charge in [-0.2, -0.15) is 0 Å². The second kappa shape index (κ2) is 9.48. The lowest BCUT2D eigenvalue weighted by Gasteiger charge is -2.35. The summed E-state index contributed by atoms with van der Waals surface area (Å²) < 4.78 is 9.50. The molecule has 0 aliphatic carbocycles. The van der Waals surface area contributed by atoms with Crippen LogP contribution in [0.5, 0.6) is 0 Å². The zero-order valence-electron chi connectivity index (χ0n) is 14.6. The van der Waals surface area contributed by atoms with Crippen molar-refractivity contribution in [2.24, 2.45) is 0 Å². The molecule has 0 aromatic heterocycles. The van der Waals surface area contributed by atoms with E-state index < -0.39 is 34.7 Å². The zero-order valence-corrected chi connectivity index (χ0v) is 14.6. The van der Waals surface area contributed by atoms with Gasteiger partial charge in [0.05, 0.1) is 13.2 Å². The Bertz CT molecular complexity index is 442. The summed E-state index contributed by atoms with van der Waals surface area (Å²) >= 11 is 0. The number of unbranched alkanes of at least 4 members (excludes halogenated alkanes) is 2. The molecule has 0 rings (SSSR count). The van der Waals surface area contributed by atoms with Crippen LogP contribution in [-0.4, -0.2) is 58.1 Å². The summed E-state index contributed by atoms with van der Waals surface area (Å²) in [4.78, 5) is 48.0. The molecule has 0 amide bonds. The van der Waals surface area contributed by atoms with Crippen LogP contribution in [0.4, 0.5) is 0 Å². The molecule has 8 heteroatoms. The van der Waals surface area contributed by atoms with Crippen LogP contribution in [0.2, 0.25) is 0 Å². The molecule has 0 aliphatic rings. The predicted molar refractivity (Wildman–Crippen MR) is 83.0 cm³/mol. The van der Waals surface area contributed by atoms with Gasteiger partial charge in [-0.25, -0.2) is 9.59 Å². The SMILES string of the molecule is CCCCOC(=O)C(O)(C(C)=O)C(O)(C(C)=O)C(=O)OCCCC. The second-order valence-corrected chi connectivity index (χ2v) is 5.51. The molecule has 0 aromatic carbocycles. The van der Waals surface area contributed by atoms with Gasteiger partial charge in [-0.3, -0.25) is 9.59 Å². The largest absolute Gasteiger partial charge is 0.463 e. The van der Waals surface area contributed by atoms with Crippen molar-refractivity contribution in [1.29, 1.82) is 0 Å². The zero-order chi connectivity index (χ0) is 19.0. The highest BCUT2D eigenvalue weighted by molar-refractivity contribution is 6.21. The topological polar surface area (TPSA) is 127 Å². The predicted octanol–water partition coefficient (Wildman–Crippen LogP) is 0.313. The maximum absolute atomic E-state index is 12.2. The molecule has 2 N–H and O–H groups in total. The van der Waals surface area contributed by atoms with Crippen LogP contribution in [0.15, 0.2) is 0 Å². The van der Waals surface area contributed by atoms with Crippen LogP contribution in [-0.2, 0) is 28.7 Å². The number of carbonyl (C=O) groups excluding carboxylic acids is 4. The molecule has 0 heterocycles. The summed E-state index contributed by atoms with van der Waals surface area (Å²) in [7, 11) is 0. The first-order valence-electron chi connectivity index (χ1n) is 7.91. The van der Waals surface area contributed by atoms with Gasteiger partial charge in [0.2, 0.25) is 0 Å². The molecule has 0 saturated carbocycles. The van der Waals surface area contributed by atoms with E-state index in [9.17, 15) is 29.4 Å². The van der Waals surface area contributed by atoms with E-state index in [4.69, 9.17) is 9.47 Å². The van der Waals surface area contributed by atoms with Gasteiger partial charge in [-0.1, -0.05) is 26.7 Å². The van der Waals surface area contributed by atoms with E-state index in [0.29, 0.717) is 25.7 Å². The minimum absolute atomic E-state index is 0.135. The van der Waals surface area contributed by atoms with Crippen molar-refractivity contribution in [3.8, 4) is 0 Å². The Balaban J connectivity index is 5.72. The first-order chi connectivity index (χ1) is 11.1. The number of esters is 2. The van der Waals surface area contributed by atoms with Crippen molar-refractivity contribution >= 4 is 23.5 Å². The maximum Gasteiger partial charge on any atom is 0.350 e. The molecule has 2 atom stereocenters. The molecule has 138 valence electrons. The molecule has 0 fully saturated rings. The molecule has 24 heavy (non-hydrogen) atoms. The fraction of sp³-hybridized carbons (Fsp3) is 0.750. The van der Waals surface area contributed by atoms with Crippen LogP contribution >= 0.6 is 0 Å². The molecule has 8 nitrogen and oxygen atoms in total. The van der Waals surface area contributed by atoms with Gasteiger partial charge < -0.3 is 19.7 Å². The Morgan fingerprint density at radius 2 is 1.04 bits per heavy atom. The highest BCUT2D eigenvalue weighted by atomic mass is 16.6. The van der Waals surface area contributed by atoms with Gasteiger partial charge in [0.15, 0.2) is 11.6 Å². The fourth-order valence-electron chi connectivity index (χ4n) is 1.92. The summed E-state index contributed by atoms with van der Waals surface area (Å²) in [6.45, 7) is 4.92.